The fourth-order valence-electron chi connectivity index (χ4n) is 3.22. The maximum absolute atomic E-state index is 12.9. The van der Waals surface area contributed by atoms with Crippen molar-refractivity contribution < 1.29 is 27.2 Å². The molecule has 0 spiro atoms. The maximum atomic E-state index is 12.9. The number of aromatic nitrogens is 1. The summed E-state index contributed by atoms with van der Waals surface area (Å²) < 4.78 is 42.7. The zero-order chi connectivity index (χ0) is 20.3. The smallest absolute Gasteiger partial charge is 0.310 e. The molecule has 8 nitrogen and oxygen atoms in total. The van der Waals surface area contributed by atoms with E-state index in [2.05, 4.69) is 5.16 Å². The quantitative estimate of drug-likeness (QED) is 0.677. The van der Waals surface area contributed by atoms with Gasteiger partial charge < -0.3 is 14.0 Å². The van der Waals surface area contributed by atoms with Gasteiger partial charge in [-0.05, 0) is 51.0 Å². The number of rotatable bonds is 6. The number of nitrogens with zero attached hydrogens (tertiary/aromatic N) is 2. The number of aryl methyl sites for hydroxylation is 2. The lowest BCUT2D eigenvalue weighted by Crippen LogP contribution is -2.42. The fourth-order valence-corrected chi connectivity index (χ4v) is 4.74. The largest absolute Gasteiger partial charge is 0.497 e. The van der Waals surface area contributed by atoms with E-state index in [4.69, 9.17) is 14.0 Å². The summed E-state index contributed by atoms with van der Waals surface area (Å²) >= 11 is 0. The average Bonchev–Trinajstić information content (AvgIpc) is 3.03. The molecule has 1 atom stereocenters. The van der Waals surface area contributed by atoms with Gasteiger partial charge in [0.2, 0.25) is 10.0 Å². The summed E-state index contributed by atoms with van der Waals surface area (Å²) in [4.78, 5) is 12.7. The normalized spacial score (nSPS) is 18.0. The van der Waals surface area contributed by atoms with E-state index < -0.39 is 21.9 Å². The third-order valence-corrected chi connectivity index (χ3v) is 6.83. The number of carbonyl (C=O) groups excluding carboxylic acids is 1. The zero-order valence-electron chi connectivity index (χ0n) is 16.2. The Labute approximate surface area is 164 Å². The Balaban J connectivity index is 1.66. The first kappa shape index (κ1) is 20.3. The van der Waals surface area contributed by atoms with Crippen molar-refractivity contribution in [2.24, 2.45) is 5.92 Å². The second kappa shape index (κ2) is 8.32. The van der Waals surface area contributed by atoms with Gasteiger partial charge in [-0.2, -0.15) is 4.31 Å². The predicted octanol–water partition coefficient (Wildman–Crippen LogP) is 2.44. The summed E-state index contributed by atoms with van der Waals surface area (Å²) in [6, 6.07) is 6.22. The van der Waals surface area contributed by atoms with Crippen LogP contribution in [0.15, 0.2) is 33.7 Å². The monoisotopic (exact) mass is 408 g/mol. The minimum atomic E-state index is -3.68. The Kier molecular flexibility index (Phi) is 6.04. The van der Waals surface area contributed by atoms with Crippen molar-refractivity contribution in [3.05, 3.63) is 41.3 Å². The van der Waals surface area contributed by atoms with Crippen molar-refractivity contribution >= 4 is 16.0 Å². The Hall–Kier alpha value is -2.39. The molecule has 1 fully saturated rings. The Morgan fingerprint density at radius 3 is 2.61 bits per heavy atom. The van der Waals surface area contributed by atoms with E-state index in [1.54, 1.807) is 26.0 Å². The molecule has 2 aromatic rings. The van der Waals surface area contributed by atoms with E-state index in [1.807, 2.05) is 0 Å². The van der Waals surface area contributed by atoms with Gasteiger partial charge >= 0.3 is 5.97 Å². The predicted molar refractivity (Wildman–Crippen MR) is 100 cm³/mol. The molecule has 1 unspecified atom stereocenters. The summed E-state index contributed by atoms with van der Waals surface area (Å²) in [5, 5.41) is 3.83. The first-order chi connectivity index (χ1) is 13.3. The van der Waals surface area contributed by atoms with Crippen LogP contribution >= 0.6 is 0 Å². The van der Waals surface area contributed by atoms with Crippen LogP contribution in [0.1, 0.15) is 29.9 Å². The van der Waals surface area contributed by atoms with Crippen LogP contribution in [0.25, 0.3) is 0 Å². The third-order valence-electron chi connectivity index (χ3n) is 4.95. The Morgan fingerprint density at radius 1 is 1.29 bits per heavy atom. The second-order valence-electron chi connectivity index (χ2n) is 6.79. The average molecular weight is 408 g/mol. The van der Waals surface area contributed by atoms with E-state index in [9.17, 15) is 13.2 Å². The Bertz CT molecular complexity index is 916. The number of carbonyl (C=O) groups is 1. The number of hydrogen-bond acceptors (Lipinski definition) is 7. The van der Waals surface area contributed by atoms with Gasteiger partial charge in [0.05, 0.1) is 29.2 Å². The number of ether oxygens (including phenoxy) is 2. The number of methoxy groups -OCH3 is 1. The van der Waals surface area contributed by atoms with Crippen molar-refractivity contribution in [2.45, 2.75) is 38.2 Å². The maximum Gasteiger partial charge on any atom is 0.310 e. The van der Waals surface area contributed by atoms with Crippen LogP contribution in [0, 0.1) is 19.8 Å². The highest BCUT2D eigenvalue weighted by atomic mass is 32.2. The lowest BCUT2D eigenvalue weighted by molar-refractivity contribution is -0.151. The van der Waals surface area contributed by atoms with Crippen LogP contribution in [0.4, 0.5) is 0 Å². The standard InChI is InChI=1S/C19H24N2O6S/c1-13-18(14(2)27-20-13)12-26-19(22)15-5-4-10-21(11-15)28(23,24)17-8-6-16(25-3)7-9-17/h6-9,15H,4-5,10-12H2,1-3H3. The molecule has 152 valence electrons. The van der Waals surface area contributed by atoms with Crippen molar-refractivity contribution in [3.63, 3.8) is 0 Å². The highest BCUT2D eigenvalue weighted by Gasteiger charge is 2.34. The van der Waals surface area contributed by atoms with Crippen LogP contribution in [-0.2, 0) is 26.2 Å². The number of piperidine rings is 1. The van der Waals surface area contributed by atoms with Gasteiger partial charge in [0, 0.05) is 13.1 Å². The molecule has 0 saturated carbocycles. The van der Waals surface area contributed by atoms with Crippen molar-refractivity contribution in [1.82, 2.24) is 9.46 Å². The van der Waals surface area contributed by atoms with Crippen molar-refractivity contribution in [3.8, 4) is 5.75 Å². The lowest BCUT2D eigenvalue weighted by atomic mass is 10.00. The van der Waals surface area contributed by atoms with Gasteiger partial charge in [0.25, 0.3) is 0 Å². The highest BCUT2D eigenvalue weighted by Crippen LogP contribution is 2.26. The molecule has 28 heavy (non-hydrogen) atoms. The molecule has 1 aromatic heterocycles. The van der Waals surface area contributed by atoms with Gasteiger partial charge in [0.1, 0.15) is 18.1 Å². The topological polar surface area (TPSA) is 98.9 Å². The molecule has 0 bridgehead atoms. The molecular weight excluding hydrogens is 384 g/mol. The number of hydrogen-bond donors (Lipinski definition) is 0. The van der Waals surface area contributed by atoms with Gasteiger partial charge in [-0.1, -0.05) is 5.16 Å². The van der Waals surface area contributed by atoms with Gasteiger partial charge in [-0.3, -0.25) is 4.79 Å². The summed E-state index contributed by atoms with van der Waals surface area (Å²) in [5.74, 6) is 0.285. The fraction of sp³-hybridized carbons (Fsp3) is 0.474. The summed E-state index contributed by atoms with van der Waals surface area (Å²) in [6.45, 7) is 4.09. The van der Waals surface area contributed by atoms with E-state index in [1.165, 1.54) is 23.5 Å². The molecule has 0 radical (unpaired) electrons. The van der Waals surface area contributed by atoms with Crippen molar-refractivity contribution in [2.75, 3.05) is 20.2 Å². The molecule has 1 aliphatic rings. The molecule has 1 saturated heterocycles. The van der Waals surface area contributed by atoms with Gasteiger partial charge in [0.15, 0.2) is 0 Å². The first-order valence-corrected chi connectivity index (χ1v) is 10.5. The molecule has 3 rings (SSSR count). The molecule has 0 amide bonds. The number of esters is 1. The minimum Gasteiger partial charge on any atom is -0.497 e. The first-order valence-electron chi connectivity index (χ1n) is 9.05. The van der Waals surface area contributed by atoms with E-state index >= 15 is 0 Å². The molecule has 1 aliphatic heterocycles. The number of sulfonamides is 1. The van der Waals surface area contributed by atoms with Gasteiger partial charge in [-0.15, -0.1) is 0 Å². The number of benzene rings is 1. The lowest BCUT2D eigenvalue weighted by Gasteiger charge is -2.30. The van der Waals surface area contributed by atoms with Crippen LogP contribution < -0.4 is 4.74 Å². The highest BCUT2D eigenvalue weighted by molar-refractivity contribution is 7.89. The van der Waals surface area contributed by atoms with Crippen LogP contribution in [0.3, 0.4) is 0 Å². The summed E-state index contributed by atoms with van der Waals surface area (Å²) in [6.07, 6.45) is 1.19. The van der Waals surface area contributed by atoms with E-state index in [0.717, 1.165) is 5.56 Å². The third kappa shape index (κ3) is 4.20. The summed E-state index contributed by atoms with van der Waals surface area (Å²) in [5.41, 5.74) is 1.42. The van der Waals surface area contributed by atoms with E-state index in [-0.39, 0.29) is 18.0 Å². The molecule has 0 aliphatic carbocycles. The minimum absolute atomic E-state index is 0.0712. The molecule has 0 N–H and O–H groups in total. The van der Waals surface area contributed by atoms with Crippen LogP contribution in [-0.4, -0.2) is 44.0 Å². The second-order valence-corrected chi connectivity index (χ2v) is 8.73. The van der Waals surface area contributed by atoms with Crippen LogP contribution in [0.2, 0.25) is 0 Å². The molecule has 2 heterocycles. The van der Waals surface area contributed by atoms with Gasteiger partial charge in [-0.25, -0.2) is 8.42 Å². The Morgan fingerprint density at radius 2 is 2.00 bits per heavy atom. The molecular formula is C19H24N2O6S. The summed E-state index contributed by atoms with van der Waals surface area (Å²) in [7, 11) is -2.16. The molecule has 9 heteroatoms. The van der Waals surface area contributed by atoms with E-state index in [0.29, 0.717) is 36.6 Å². The molecule has 1 aromatic carbocycles. The van der Waals surface area contributed by atoms with Crippen molar-refractivity contribution in [1.29, 1.82) is 0 Å². The zero-order valence-corrected chi connectivity index (χ0v) is 17.0. The van der Waals surface area contributed by atoms with Crippen LogP contribution in [0.5, 0.6) is 5.75 Å². The SMILES string of the molecule is COc1ccc(S(=O)(=O)N2CCCC(C(=O)OCc3c(C)noc3C)C2)cc1.